The summed E-state index contributed by atoms with van der Waals surface area (Å²) in [6.45, 7) is 6.54. The van der Waals surface area contributed by atoms with Gasteiger partial charge in [-0.05, 0) is 19.6 Å². The summed E-state index contributed by atoms with van der Waals surface area (Å²) in [6.07, 6.45) is 2.43. The van der Waals surface area contributed by atoms with Gasteiger partial charge in [0.25, 0.3) is 0 Å². The molecule has 1 aliphatic rings. The number of hydrogen-bond donors (Lipinski definition) is 0. The van der Waals surface area contributed by atoms with Crippen molar-refractivity contribution in [1.29, 1.82) is 0 Å². The Labute approximate surface area is 55.7 Å². The highest BCUT2D eigenvalue weighted by molar-refractivity contribution is 5.88. The van der Waals surface area contributed by atoms with Crippen molar-refractivity contribution < 1.29 is 0 Å². The molecule has 0 aromatic carbocycles. The molecule has 0 bridgehead atoms. The van der Waals surface area contributed by atoms with Gasteiger partial charge in [-0.2, -0.15) is 0 Å². The van der Waals surface area contributed by atoms with Gasteiger partial charge in [-0.25, -0.2) is 4.99 Å². The van der Waals surface area contributed by atoms with Gasteiger partial charge < -0.3 is 0 Å². The van der Waals surface area contributed by atoms with Crippen molar-refractivity contribution in [2.24, 2.45) is 15.9 Å². The number of amidine groups is 1. The van der Waals surface area contributed by atoms with Gasteiger partial charge in [0.15, 0.2) is 0 Å². The molecule has 0 fully saturated rings. The third kappa shape index (κ3) is 1.37. The van der Waals surface area contributed by atoms with E-state index in [0.29, 0.717) is 5.92 Å². The third-order valence-corrected chi connectivity index (χ3v) is 1.67. The molecule has 1 heterocycles. The van der Waals surface area contributed by atoms with E-state index in [9.17, 15) is 0 Å². The van der Waals surface area contributed by atoms with Gasteiger partial charge in [0.1, 0.15) is 5.84 Å². The predicted octanol–water partition coefficient (Wildman–Crippen LogP) is 1.52. The molecule has 9 heavy (non-hydrogen) atoms. The minimum Gasteiger partial charge on any atom is -0.270 e. The van der Waals surface area contributed by atoms with Crippen LogP contribution in [-0.2, 0) is 0 Å². The second-order valence-corrected chi connectivity index (χ2v) is 2.44. The topological polar surface area (TPSA) is 24.7 Å². The smallest absolute Gasteiger partial charge is 0.125 e. The zero-order valence-electron chi connectivity index (χ0n) is 5.80. The maximum Gasteiger partial charge on any atom is 0.125 e. The Balaban J connectivity index is 2.63. The van der Waals surface area contributed by atoms with E-state index in [1.807, 2.05) is 0 Å². The fourth-order valence-electron chi connectivity index (χ4n) is 1.08. The molecule has 0 saturated carbocycles. The molecule has 0 spiro atoms. The molecule has 1 rings (SSSR count). The van der Waals surface area contributed by atoms with Gasteiger partial charge in [-0.3, -0.25) is 4.99 Å². The Hall–Kier alpha value is -0.660. The van der Waals surface area contributed by atoms with Gasteiger partial charge in [-0.15, -0.1) is 0 Å². The second-order valence-electron chi connectivity index (χ2n) is 2.44. The van der Waals surface area contributed by atoms with Crippen LogP contribution in [0.25, 0.3) is 0 Å². The number of hydrogen-bond acceptors (Lipinski definition) is 2. The lowest BCUT2D eigenvalue weighted by atomic mass is 10.0. The van der Waals surface area contributed by atoms with Crippen LogP contribution in [0.1, 0.15) is 19.8 Å². The van der Waals surface area contributed by atoms with Crippen molar-refractivity contribution in [2.45, 2.75) is 19.8 Å². The second kappa shape index (κ2) is 2.76. The molecular formula is C7H12N2. The maximum atomic E-state index is 4.22. The molecule has 1 aliphatic heterocycles. The molecular weight excluding hydrogens is 112 g/mol. The maximum absolute atomic E-state index is 4.22. The van der Waals surface area contributed by atoms with Crippen LogP contribution in [-0.4, -0.2) is 19.1 Å². The molecule has 0 amide bonds. The summed E-state index contributed by atoms with van der Waals surface area (Å²) in [4.78, 5) is 8.04. The summed E-state index contributed by atoms with van der Waals surface area (Å²) in [7, 11) is 0. The summed E-state index contributed by atoms with van der Waals surface area (Å²) < 4.78 is 0. The van der Waals surface area contributed by atoms with Crippen molar-refractivity contribution >= 4 is 12.6 Å². The molecule has 50 valence electrons. The first-order valence-electron chi connectivity index (χ1n) is 3.35. The summed E-state index contributed by atoms with van der Waals surface area (Å²) in [6, 6.07) is 0. The van der Waals surface area contributed by atoms with Crippen LogP contribution in [0, 0.1) is 5.92 Å². The first kappa shape index (κ1) is 6.46. The van der Waals surface area contributed by atoms with E-state index in [1.165, 1.54) is 12.8 Å². The fourth-order valence-corrected chi connectivity index (χ4v) is 1.08. The van der Waals surface area contributed by atoms with Crippen LogP contribution in [0.4, 0.5) is 0 Å². The summed E-state index contributed by atoms with van der Waals surface area (Å²) >= 11 is 0. The van der Waals surface area contributed by atoms with E-state index in [4.69, 9.17) is 0 Å². The first-order chi connectivity index (χ1) is 4.34. The van der Waals surface area contributed by atoms with E-state index in [1.54, 1.807) is 0 Å². The predicted molar refractivity (Wildman–Crippen MR) is 40.2 cm³/mol. The molecule has 2 nitrogen and oxygen atoms in total. The van der Waals surface area contributed by atoms with Crippen LogP contribution in [0.5, 0.6) is 0 Å². The summed E-state index contributed by atoms with van der Waals surface area (Å²) in [5, 5.41) is 0. The van der Waals surface area contributed by atoms with Crippen molar-refractivity contribution in [1.82, 2.24) is 0 Å². The van der Waals surface area contributed by atoms with Gasteiger partial charge in [0.2, 0.25) is 0 Å². The highest BCUT2D eigenvalue weighted by atomic mass is 14.9. The third-order valence-electron chi connectivity index (χ3n) is 1.67. The molecule has 0 aromatic rings. The highest BCUT2D eigenvalue weighted by Crippen LogP contribution is 2.13. The zero-order chi connectivity index (χ0) is 6.69. The molecule has 1 unspecified atom stereocenters. The Kier molecular flexibility index (Phi) is 1.98. The summed E-state index contributed by atoms with van der Waals surface area (Å²) in [5.41, 5.74) is 0. The Morgan fingerprint density at radius 2 is 2.56 bits per heavy atom. The van der Waals surface area contributed by atoms with Crippen LogP contribution >= 0.6 is 0 Å². The van der Waals surface area contributed by atoms with Crippen molar-refractivity contribution in [3.05, 3.63) is 0 Å². The lowest BCUT2D eigenvalue weighted by Crippen LogP contribution is -2.13. The van der Waals surface area contributed by atoms with Crippen molar-refractivity contribution in [3.8, 4) is 0 Å². The number of nitrogens with zero attached hydrogens (tertiary/aromatic N) is 2. The van der Waals surface area contributed by atoms with E-state index in [2.05, 4.69) is 23.6 Å². The average Bonchev–Trinajstić information content (AvgIpc) is 1.89. The summed E-state index contributed by atoms with van der Waals surface area (Å²) in [5.74, 6) is 1.48. The lowest BCUT2D eigenvalue weighted by Gasteiger charge is -2.14. The highest BCUT2D eigenvalue weighted by Gasteiger charge is 2.11. The molecule has 2 heteroatoms. The van der Waals surface area contributed by atoms with Crippen molar-refractivity contribution in [3.63, 3.8) is 0 Å². The van der Waals surface area contributed by atoms with E-state index < -0.39 is 0 Å². The molecule has 0 aromatic heterocycles. The Morgan fingerprint density at radius 3 is 3.00 bits per heavy atom. The van der Waals surface area contributed by atoms with Crippen LogP contribution < -0.4 is 0 Å². The van der Waals surface area contributed by atoms with Gasteiger partial charge in [0.05, 0.1) is 0 Å². The van der Waals surface area contributed by atoms with Gasteiger partial charge >= 0.3 is 0 Å². The largest absolute Gasteiger partial charge is 0.270 e. The molecule has 0 N–H and O–H groups in total. The fraction of sp³-hybridized carbons (Fsp3) is 0.714. The standard InChI is InChI=1S/C7H12N2/c1-6-4-3-5-9-7(6)8-2/h6H,2-5H2,1H3. The molecule has 1 atom stereocenters. The van der Waals surface area contributed by atoms with E-state index >= 15 is 0 Å². The van der Waals surface area contributed by atoms with Crippen LogP contribution in [0.3, 0.4) is 0 Å². The van der Waals surface area contributed by atoms with Crippen molar-refractivity contribution in [2.75, 3.05) is 6.54 Å². The Bertz CT molecular complexity index is 138. The average molecular weight is 124 g/mol. The van der Waals surface area contributed by atoms with Crippen LogP contribution in [0.2, 0.25) is 0 Å². The zero-order valence-corrected chi connectivity index (χ0v) is 5.80. The molecule has 0 radical (unpaired) electrons. The normalized spacial score (nSPS) is 27.2. The molecule has 0 aliphatic carbocycles. The minimum absolute atomic E-state index is 0.538. The first-order valence-corrected chi connectivity index (χ1v) is 3.35. The quantitative estimate of drug-likeness (QED) is 0.437. The Morgan fingerprint density at radius 1 is 1.78 bits per heavy atom. The molecule has 0 saturated heterocycles. The van der Waals surface area contributed by atoms with E-state index in [-0.39, 0.29) is 0 Å². The number of aliphatic imine (C=N–C) groups is 2. The SMILES string of the molecule is C=NC1=NCCCC1C. The monoisotopic (exact) mass is 124 g/mol. The number of rotatable bonds is 0. The minimum atomic E-state index is 0.538. The van der Waals surface area contributed by atoms with Gasteiger partial charge in [0, 0.05) is 12.5 Å². The van der Waals surface area contributed by atoms with Crippen LogP contribution in [0.15, 0.2) is 9.98 Å². The lowest BCUT2D eigenvalue weighted by molar-refractivity contribution is 0.605. The van der Waals surface area contributed by atoms with Gasteiger partial charge in [-0.1, -0.05) is 6.92 Å². The van der Waals surface area contributed by atoms with E-state index in [0.717, 1.165) is 12.4 Å².